The zero-order chi connectivity index (χ0) is 21.7. The highest BCUT2D eigenvalue weighted by Crippen LogP contribution is 2.31. The van der Waals surface area contributed by atoms with Crippen molar-refractivity contribution in [2.45, 2.75) is 53.1 Å². The van der Waals surface area contributed by atoms with Gasteiger partial charge in [0.15, 0.2) is 0 Å². The number of rotatable bonds is 7. The van der Waals surface area contributed by atoms with Gasteiger partial charge in [0.1, 0.15) is 0 Å². The number of hydrogen-bond acceptors (Lipinski definition) is 2. The molecular formula is C28H38N2. The minimum atomic E-state index is 0.414. The van der Waals surface area contributed by atoms with Crippen LogP contribution in [0.25, 0.3) is 12.2 Å². The first-order chi connectivity index (χ1) is 14.5. The summed E-state index contributed by atoms with van der Waals surface area (Å²) in [6.45, 7) is 17.2. The van der Waals surface area contributed by atoms with Gasteiger partial charge in [0, 0.05) is 32.2 Å². The number of piperazine rings is 1. The van der Waals surface area contributed by atoms with Crippen LogP contribution < -0.4 is 0 Å². The summed E-state index contributed by atoms with van der Waals surface area (Å²) in [5.74, 6) is 0. The van der Waals surface area contributed by atoms with E-state index in [-0.39, 0.29) is 0 Å². The Kier molecular flexibility index (Phi) is 7.69. The van der Waals surface area contributed by atoms with Crippen LogP contribution in [0.2, 0.25) is 0 Å². The quantitative estimate of drug-likeness (QED) is 0.527. The van der Waals surface area contributed by atoms with E-state index in [0.29, 0.717) is 6.04 Å². The van der Waals surface area contributed by atoms with E-state index in [2.05, 4.69) is 93.6 Å². The second-order valence-corrected chi connectivity index (χ2v) is 8.65. The van der Waals surface area contributed by atoms with E-state index in [9.17, 15) is 0 Å². The van der Waals surface area contributed by atoms with E-state index in [1.54, 1.807) is 0 Å². The Morgan fingerprint density at radius 1 is 1.10 bits per heavy atom. The first-order valence-corrected chi connectivity index (χ1v) is 11.4. The Labute approximate surface area is 183 Å². The van der Waals surface area contributed by atoms with Gasteiger partial charge in [0.2, 0.25) is 0 Å². The van der Waals surface area contributed by atoms with Crippen molar-refractivity contribution in [3.8, 4) is 0 Å². The average molecular weight is 403 g/mol. The Hall–Kier alpha value is -2.16. The maximum atomic E-state index is 3.90. The normalized spacial score (nSPS) is 18.2. The predicted octanol–water partition coefficient (Wildman–Crippen LogP) is 6.42. The lowest BCUT2D eigenvalue weighted by atomic mass is 9.90. The van der Waals surface area contributed by atoms with Crippen LogP contribution in [0.1, 0.15) is 65.3 Å². The molecule has 2 nitrogen and oxygen atoms in total. The maximum absolute atomic E-state index is 3.90. The standard InChI is InChI=1S/C28H38N2/c1-7-10-11-26-22(5)21(4)18-24(9-3)27(26)19-30-17-16-29(6)20-28(30)25-14-12-23(8-2)13-15-25/h8,10-15,18,28H,2,7,9,16-17,19-20H2,1,3-6H3/b11-10-. The monoisotopic (exact) mass is 402 g/mol. The zero-order valence-electron chi connectivity index (χ0n) is 19.5. The Bertz CT molecular complexity index is 892. The Morgan fingerprint density at radius 2 is 1.83 bits per heavy atom. The van der Waals surface area contributed by atoms with E-state index < -0.39 is 0 Å². The van der Waals surface area contributed by atoms with Gasteiger partial charge < -0.3 is 4.90 Å². The van der Waals surface area contributed by atoms with Crippen LogP contribution in [-0.2, 0) is 13.0 Å². The molecule has 0 saturated carbocycles. The van der Waals surface area contributed by atoms with Crippen molar-refractivity contribution in [1.29, 1.82) is 0 Å². The summed E-state index contributed by atoms with van der Waals surface area (Å²) < 4.78 is 0. The van der Waals surface area contributed by atoms with Gasteiger partial charge in [-0.05, 0) is 72.7 Å². The summed E-state index contributed by atoms with van der Waals surface area (Å²) in [7, 11) is 2.24. The molecule has 2 heteroatoms. The zero-order valence-corrected chi connectivity index (χ0v) is 19.5. The van der Waals surface area contributed by atoms with Crippen LogP contribution in [0.5, 0.6) is 0 Å². The van der Waals surface area contributed by atoms with Crippen molar-refractivity contribution in [1.82, 2.24) is 9.80 Å². The number of likely N-dealkylation sites (N-methyl/N-ethyl adjacent to an activating group) is 1. The number of allylic oxidation sites excluding steroid dienone is 1. The highest BCUT2D eigenvalue weighted by Gasteiger charge is 2.28. The molecule has 0 N–H and O–H groups in total. The minimum absolute atomic E-state index is 0.414. The van der Waals surface area contributed by atoms with Crippen molar-refractivity contribution in [3.05, 3.63) is 81.9 Å². The van der Waals surface area contributed by atoms with Crippen LogP contribution in [-0.4, -0.2) is 36.5 Å². The summed E-state index contributed by atoms with van der Waals surface area (Å²) in [6, 6.07) is 11.8. The van der Waals surface area contributed by atoms with Crippen LogP contribution in [0.15, 0.2) is 43.0 Å². The third-order valence-corrected chi connectivity index (χ3v) is 6.61. The van der Waals surface area contributed by atoms with Gasteiger partial charge in [-0.1, -0.05) is 69.0 Å². The molecule has 1 fully saturated rings. The number of aryl methyl sites for hydroxylation is 2. The SMILES string of the molecule is C=Cc1ccc(C2CN(C)CCN2Cc2c(CC)cc(C)c(C)c2/C=C\CC)cc1. The van der Waals surface area contributed by atoms with E-state index in [4.69, 9.17) is 0 Å². The molecule has 0 amide bonds. The first-order valence-electron chi connectivity index (χ1n) is 11.4. The molecule has 1 aliphatic rings. The van der Waals surface area contributed by atoms with Crippen molar-refractivity contribution in [2.24, 2.45) is 0 Å². The number of hydrogen-bond donors (Lipinski definition) is 0. The highest BCUT2D eigenvalue weighted by molar-refractivity contribution is 5.62. The van der Waals surface area contributed by atoms with Gasteiger partial charge in [0.25, 0.3) is 0 Å². The smallest absolute Gasteiger partial charge is 0.0479 e. The molecule has 0 aromatic heterocycles. The first kappa shape index (κ1) is 22.5. The maximum Gasteiger partial charge on any atom is 0.0479 e. The summed E-state index contributed by atoms with van der Waals surface area (Å²) in [5.41, 5.74) is 9.86. The van der Waals surface area contributed by atoms with Crippen LogP contribution in [0.3, 0.4) is 0 Å². The van der Waals surface area contributed by atoms with Crippen molar-refractivity contribution < 1.29 is 0 Å². The molecule has 1 aliphatic heterocycles. The molecule has 3 rings (SSSR count). The van der Waals surface area contributed by atoms with Crippen molar-refractivity contribution in [2.75, 3.05) is 26.7 Å². The highest BCUT2D eigenvalue weighted by atomic mass is 15.3. The third kappa shape index (κ3) is 4.94. The van der Waals surface area contributed by atoms with Gasteiger partial charge in [-0.3, -0.25) is 4.90 Å². The fourth-order valence-electron chi connectivity index (χ4n) is 4.55. The predicted molar refractivity (Wildman–Crippen MR) is 132 cm³/mol. The van der Waals surface area contributed by atoms with Gasteiger partial charge in [0.05, 0.1) is 0 Å². The third-order valence-electron chi connectivity index (χ3n) is 6.61. The van der Waals surface area contributed by atoms with Crippen LogP contribution in [0, 0.1) is 13.8 Å². The van der Waals surface area contributed by atoms with E-state index in [0.717, 1.165) is 39.0 Å². The average Bonchev–Trinajstić information content (AvgIpc) is 2.77. The molecule has 30 heavy (non-hydrogen) atoms. The van der Waals surface area contributed by atoms with E-state index in [1.807, 2.05) is 6.08 Å². The molecular weight excluding hydrogens is 364 g/mol. The molecule has 160 valence electrons. The molecule has 0 radical (unpaired) electrons. The van der Waals surface area contributed by atoms with Crippen molar-refractivity contribution in [3.63, 3.8) is 0 Å². The molecule has 1 saturated heterocycles. The summed E-state index contributed by atoms with van der Waals surface area (Å²) >= 11 is 0. The topological polar surface area (TPSA) is 6.48 Å². The van der Waals surface area contributed by atoms with Gasteiger partial charge in [-0.25, -0.2) is 0 Å². The Morgan fingerprint density at radius 3 is 2.47 bits per heavy atom. The second kappa shape index (κ2) is 10.2. The molecule has 0 aliphatic carbocycles. The van der Waals surface area contributed by atoms with Crippen molar-refractivity contribution >= 4 is 12.2 Å². The molecule has 2 aromatic carbocycles. The van der Waals surface area contributed by atoms with Gasteiger partial charge >= 0.3 is 0 Å². The van der Waals surface area contributed by atoms with E-state index >= 15 is 0 Å². The van der Waals surface area contributed by atoms with Crippen LogP contribution in [0.4, 0.5) is 0 Å². The molecule has 1 heterocycles. The van der Waals surface area contributed by atoms with Gasteiger partial charge in [-0.2, -0.15) is 0 Å². The molecule has 1 atom stereocenters. The fraction of sp³-hybridized carbons (Fsp3) is 0.429. The molecule has 2 aromatic rings. The van der Waals surface area contributed by atoms with Gasteiger partial charge in [-0.15, -0.1) is 0 Å². The lowest BCUT2D eigenvalue weighted by molar-refractivity contribution is 0.0831. The molecule has 1 unspecified atom stereocenters. The van der Waals surface area contributed by atoms with Crippen LogP contribution >= 0.6 is 0 Å². The summed E-state index contributed by atoms with van der Waals surface area (Å²) in [5, 5.41) is 0. The Balaban J connectivity index is 2.00. The lowest BCUT2D eigenvalue weighted by Crippen LogP contribution is -2.46. The molecule has 0 spiro atoms. The van der Waals surface area contributed by atoms with E-state index in [1.165, 1.54) is 38.9 Å². The summed E-state index contributed by atoms with van der Waals surface area (Å²) in [6.07, 6.45) is 8.74. The lowest BCUT2D eigenvalue weighted by Gasteiger charge is -2.41. The number of benzene rings is 2. The largest absolute Gasteiger partial charge is 0.303 e. The molecule has 0 bridgehead atoms. The number of nitrogens with zero attached hydrogens (tertiary/aromatic N) is 2. The minimum Gasteiger partial charge on any atom is -0.303 e. The fourth-order valence-corrected chi connectivity index (χ4v) is 4.55. The summed E-state index contributed by atoms with van der Waals surface area (Å²) in [4.78, 5) is 5.15. The second-order valence-electron chi connectivity index (χ2n) is 8.65.